The van der Waals surface area contributed by atoms with Crippen LogP contribution in [-0.2, 0) is 0 Å². The van der Waals surface area contributed by atoms with Gasteiger partial charge in [-0.15, -0.1) is 0 Å². The van der Waals surface area contributed by atoms with Crippen LogP contribution >= 0.6 is 0 Å². The second-order valence-electron chi connectivity index (χ2n) is 6.65. The number of hydrogen-bond donors (Lipinski definition) is 3. The van der Waals surface area contributed by atoms with Gasteiger partial charge in [0, 0.05) is 18.0 Å². The summed E-state index contributed by atoms with van der Waals surface area (Å²) in [6, 6.07) is 15.5. The number of carbonyl (C=O) groups is 1. The zero-order valence-electron chi connectivity index (χ0n) is 14.2. The Morgan fingerprint density at radius 2 is 1.88 bits per heavy atom. The Morgan fingerprint density at radius 3 is 2.60 bits per heavy atom. The van der Waals surface area contributed by atoms with Gasteiger partial charge in [-0.25, -0.2) is 9.18 Å². The zero-order valence-corrected chi connectivity index (χ0v) is 14.2. The first-order chi connectivity index (χ1) is 12.0. The summed E-state index contributed by atoms with van der Waals surface area (Å²) in [6.45, 7) is 1.85. The summed E-state index contributed by atoms with van der Waals surface area (Å²) >= 11 is 0. The molecule has 4 nitrogen and oxygen atoms in total. The van der Waals surface area contributed by atoms with E-state index >= 15 is 0 Å². The molecule has 5 heteroatoms. The molecule has 0 aromatic heterocycles. The number of nitrogens with one attached hydrogen (secondary N) is 2. The third-order valence-electron chi connectivity index (χ3n) is 4.55. The van der Waals surface area contributed by atoms with Crippen molar-refractivity contribution < 1.29 is 14.3 Å². The summed E-state index contributed by atoms with van der Waals surface area (Å²) in [5, 5.41) is 15.9. The van der Waals surface area contributed by atoms with Gasteiger partial charge in [-0.3, -0.25) is 0 Å². The molecule has 25 heavy (non-hydrogen) atoms. The number of hydrogen-bond acceptors (Lipinski definition) is 2. The average molecular weight is 342 g/mol. The largest absolute Gasteiger partial charge is 0.388 e. The van der Waals surface area contributed by atoms with Crippen LogP contribution < -0.4 is 10.6 Å². The highest BCUT2D eigenvalue weighted by Gasteiger charge is 2.41. The maximum absolute atomic E-state index is 13.7. The summed E-state index contributed by atoms with van der Waals surface area (Å²) < 4.78 is 13.7. The SMILES string of the molecule is CC(CC(O)c1ccccc1)NC(=O)NC1CC1c1ccccc1F. The number of benzene rings is 2. The van der Waals surface area contributed by atoms with E-state index in [1.165, 1.54) is 6.07 Å². The van der Waals surface area contributed by atoms with Crippen LogP contribution in [0.25, 0.3) is 0 Å². The first kappa shape index (κ1) is 17.4. The monoisotopic (exact) mass is 342 g/mol. The molecular formula is C20H23FN2O2. The quantitative estimate of drug-likeness (QED) is 0.752. The Kier molecular flexibility index (Phi) is 5.34. The molecule has 0 aliphatic heterocycles. The predicted molar refractivity (Wildman–Crippen MR) is 94.7 cm³/mol. The fraction of sp³-hybridized carbons (Fsp3) is 0.350. The highest BCUT2D eigenvalue weighted by Crippen LogP contribution is 2.41. The molecule has 2 aromatic carbocycles. The molecule has 4 unspecified atom stereocenters. The number of carbonyl (C=O) groups excluding carboxylic acids is 1. The third-order valence-corrected chi connectivity index (χ3v) is 4.55. The molecule has 0 bridgehead atoms. The first-order valence-corrected chi connectivity index (χ1v) is 8.59. The highest BCUT2D eigenvalue weighted by atomic mass is 19.1. The van der Waals surface area contributed by atoms with E-state index in [4.69, 9.17) is 0 Å². The zero-order chi connectivity index (χ0) is 17.8. The second-order valence-corrected chi connectivity index (χ2v) is 6.65. The lowest BCUT2D eigenvalue weighted by Crippen LogP contribution is -2.42. The fourth-order valence-electron chi connectivity index (χ4n) is 3.11. The van der Waals surface area contributed by atoms with E-state index < -0.39 is 6.10 Å². The van der Waals surface area contributed by atoms with E-state index in [2.05, 4.69) is 10.6 Å². The molecule has 1 aliphatic carbocycles. The van der Waals surface area contributed by atoms with Gasteiger partial charge in [0.1, 0.15) is 5.82 Å². The lowest BCUT2D eigenvalue weighted by Gasteiger charge is -2.18. The topological polar surface area (TPSA) is 61.4 Å². The molecule has 3 N–H and O–H groups in total. The van der Waals surface area contributed by atoms with Gasteiger partial charge in [0.15, 0.2) is 0 Å². The number of amides is 2. The number of aliphatic hydroxyl groups is 1. The molecule has 4 atom stereocenters. The minimum absolute atomic E-state index is 0.0388. The highest BCUT2D eigenvalue weighted by molar-refractivity contribution is 5.75. The maximum Gasteiger partial charge on any atom is 0.315 e. The van der Waals surface area contributed by atoms with Crippen LogP contribution in [0.4, 0.5) is 9.18 Å². The molecular weight excluding hydrogens is 319 g/mol. The molecule has 0 radical (unpaired) electrons. The molecule has 0 saturated heterocycles. The number of aliphatic hydroxyl groups excluding tert-OH is 1. The van der Waals surface area contributed by atoms with Crippen molar-refractivity contribution in [2.75, 3.05) is 0 Å². The minimum atomic E-state index is -0.622. The van der Waals surface area contributed by atoms with Crippen LogP contribution in [0.5, 0.6) is 0 Å². The van der Waals surface area contributed by atoms with Gasteiger partial charge in [0.2, 0.25) is 0 Å². The van der Waals surface area contributed by atoms with Crippen LogP contribution in [0, 0.1) is 5.82 Å². The molecule has 2 aromatic rings. The van der Waals surface area contributed by atoms with Gasteiger partial charge in [-0.1, -0.05) is 48.5 Å². The van der Waals surface area contributed by atoms with Crippen molar-refractivity contribution in [3.8, 4) is 0 Å². The summed E-state index contributed by atoms with van der Waals surface area (Å²) in [6.07, 6.45) is 0.553. The van der Waals surface area contributed by atoms with E-state index in [1.807, 2.05) is 37.3 Å². The van der Waals surface area contributed by atoms with Gasteiger partial charge in [0.25, 0.3) is 0 Å². The van der Waals surface area contributed by atoms with Gasteiger partial charge in [-0.2, -0.15) is 0 Å². The van der Waals surface area contributed by atoms with Crippen molar-refractivity contribution in [2.24, 2.45) is 0 Å². The van der Waals surface area contributed by atoms with Gasteiger partial charge in [-0.05, 0) is 37.0 Å². The van der Waals surface area contributed by atoms with Crippen molar-refractivity contribution in [1.82, 2.24) is 10.6 Å². The van der Waals surface area contributed by atoms with E-state index in [1.54, 1.807) is 18.2 Å². The average Bonchev–Trinajstić information content (AvgIpc) is 3.34. The molecule has 2 amide bonds. The third kappa shape index (κ3) is 4.57. The number of urea groups is 1. The summed E-state index contributed by atoms with van der Waals surface area (Å²) in [5.41, 5.74) is 1.48. The Hall–Kier alpha value is -2.40. The normalized spacial score (nSPS) is 21.2. The van der Waals surface area contributed by atoms with Crippen molar-refractivity contribution in [3.63, 3.8) is 0 Å². The summed E-state index contributed by atoms with van der Waals surface area (Å²) in [5.74, 6) is -0.186. The van der Waals surface area contributed by atoms with Crippen molar-refractivity contribution in [1.29, 1.82) is 0 Å². The van der Waals surface area contributed by atoms with Crippen LogP contribution in [-0.4, -0.2) is 23.2 Å². The Bertz CT molecular complexity index is 723. The fourth-order valence-corrected chi connectivity index (χ4v) is 3.11. The standard InChI is InChI=1S/C20H23FN2O2/c1-13(11-19(24)14-7-3-2-4-8-14)22-20(25)23-18-12-16(18)15-9-5-6-10-17(15)21/h2-10,13,16,18-19,24H,11-12H2,1H3,(H2,22,23,25). The van der Waals surface area contributed by atoms with E-state index in [-0.39, 0.29) is 29.8 Å². The maximum atomic E-state index is 13.7. The molecule has 132 valence electrons. The molecule has 1 aliphatic rings. The first-order valence-electron chi connectivity index (χ1n) is 8.59. The van der Waals surface area contributed by atoms with Crippen LogP contribution in [0.15, 0.2) is 54.6 Å². The van der Waals surface area contributed by atoms with Gasteiger partial charge in [0.05, 0.1) is 6.10 Å². The summed E-state index contributed by atoms with van der Waals surface area (Å²) in [7, 11) is 0. The number of halogens is 1. The van der Waals surface area contributed by atoms with Crippen LogP contribution in [0.2, 0.25) is 0 Å². The predicted octanol–water partition coefficient (Wildman–Crippen LogP) is 3.49. The molecule has 1 saturated carbocycles. The van der Waals surface area contributed by atoms with Gasteiger partial charge < -0.3 is 15.7 Å². The molecule has 1 fully saturated rings. The van der Waals surface area contributed by atoms with Crippen molar-refractivity contribution in [3.05, 3.63) is 71.5 Å². The van der Waals surface area contributed by atoms with Crippen molar-refractivity contribution in [2.45, 2.75) is 43.9 Å². The lowest BCUT2D eigenvalue weighted by molar-refractivity contribution is 0.154. The molecule has 0 heterocycles. The number of rotatable bonds is 6. The second kappa shape index (κ2) is 7.66. The Balaban J connectivity index is 1.45. The molecule has 0 spiro atoms. The van der Waals surface area contributed by atoms with Crippen molar-refractivity contribution >= 4 is 6.03 Å². The smallest absolute Gasteiger partial charge is 0.315 e. The van der Waals surface area contributed by atoms with Gasteiger partial charge >= 0.3 is 6.03 Å². The minimum Gasteiger partial charge on any atom is -0.388 e. The lowest BCUT2D eigenvalue weighted by atomic mass is 10.0. The summed E-state index contributed by atoms with van der Waals surface area (Å²) in [4.78, 5) is 12.1. The Labute approximate surface area is 147 Å². The van der Waals surface area contributed by atoms with E-state index in [0.717, 1.165) is 12.0 Å². The van der Waals surface area contributed by atoms with Crippen LogP contribution in [0.3, 0.4) is 0 Å². The molecule has 3 rings (SSSR count). The Morgan fingerprint density at radius 1 is 1.20 bits per heavy atom. The van der Waals surface area contributed by atoms with E-state index in [0.29, 0.717) is 12.0 Å². The van der Waals surface area contributed by atoms with E-state index in [9.17, 15) is 14.3 Å². The van der Waals surface area contributed by atoms with Crippen LogP contribution in [0.1, 0.15) is 42.9 Å².